The van der Waals surface area contributed by atoms with Crippen molar-refractivity contribution in [3.63, 3.8) is 0 Å². The molecule has 0 saturated heterocycles. The molecule has 8 nitrogen and oxygen atoms in total. The summed E-state index contributed by atoms with van der Waals surface area (Å²) in [6.07, 6.45) is 0.170. The average Bonchev–Trinajstić information content (AvgIpc) is 3.06. The summed E-state index contributed by atoms with van der Waals surface area (Å²) >= 11 is 18.9. The van der Waals surface area contributed by atoms with E-state index in [2.05, 4.69) is 5.32 Å². The number of hydrogen-bond donors (Lipinski definition) is 1. The third-order valence-electron chi connectivity index (χ3n) is 7.31. The van der Waals surface area contributed by atoms with Gasteiger partial charge in [0.2, 0.25) is 11.8 Å². The lowest BCUT2D eigenvalue weighted by atomic mass is 10.0. The molecule has 0 spiro atoms. The molecule has 47 heavy (non-hydrogen) atoms. The molecule has 0 aliphatic rings. The normalized spacial score (nSPS) is 12.0. The van der Waals surface area contributed by atoms with Crippen LogP contribution >= 0.6 is 34.8 Å². The maximum atomic E-state index is 14.6. The molecule has 0 aliphatic heterocycles. The minimum Gasteiger partial charge on any atom is -0.495 e. The van der Waals surface area contributed by atoms with E-state index in [4.69, 9.17) is 39.5 Å². The number of nitrogens with one attached hydrogen (secondary N) is 1. The van der Waals surface area contributed by atoms with Crippen molar-refractivity contribution in [2.45, 2.75) is 37.8 Å². The van der Waals surface area contributed by atoms with Crippen molar-refractivity contribution in [3.8, 4) is 5.75 Å². The fourth-order valence-corrected chi connectivity index (χ4v) is 6.83. The van der Waals surface area contributed by atoms with Crippen LogP contribution in [0.1, 0.15) is 25.0 Å². The van der Waals surface area contributed by atoms with Gasteiger partial charge in [-0.15, -0.1) is 0 Å². The van der Waals surface area contributed by atoms with Crippen molar-refractivity contribution in [2.75, 3.05) is 24.5 Å². The summed E-state index contributed by atoms with van der Waals surface area (Å²) in [6.45, 7) is 3.59. The van der Waals surface area contributed by atoms with Crippen LogP contribution in [0.5, 0.6) is 5.75 Å². The molecular weight excluding hydrogens is 681 g/mol. The number of hydrogen-bond acceptors (Lipinski definition) is 5. The van der Waals surface area contributed by atoms with Crippen LogP contribution in [0.3, 0.4) is 0 Å². The van der Waals surface area contributed by atoms with Crippen molar-refractivity contribution < 1.29 is 22.7 Å². The molecule has 4 aromatic rings. The fraction of sp³-hybridized carbons (Fsp3) is 0.257. The first kappa shape index (κ1) is 36.1. The Labute approximate surface area is 291 Å². The molecule has 1 N–H and O–H groups in total. The van der Waals surface area contributed by atoms with Crippen molar-refractivity contribution in [1.29, 1.82) is 0 Å². The maximum absolute atomic E-state index is 14.6. The maximum Gasteiger partial charge on any atom is 0.264 e. The Morgan fingerprint density at radius 3 is 2.11 bits per heavy atom. The highest BCUT2D eigenvalue weighted by atomic mass is 35.5. The zero-order chi connectivity index (χ0) is 34.1. The lowest BCUT2D eigenvalue weighted by Gasteiger charge is -2.34. The lowest BCUT2D eigenvalue weighted by molar-refractivity contribution is -0.140. The van der Waals surface area contributed by atoms with Crippen LogP contribution in [0.4, 0.5) is 5.69 Å². The zero-order valence-electron chi connectivity index (χ0n) is 26.2. The van der Waals surface area contributed by atoms with Crippen LogP contribution in [0.2, 0.25) is 15.1 Å². The molecule has 0 heterocycles. The molecule has 0 fully saturated rings. The van der Waals surface area contributed by atoms with Crippen molar-refractivity contribution in [2.24, 2.45) is 5.92 Å². The summed E-state index contributed by atoms with van der Waals surface area (Å²) in [4.78, 5) is 29.9. The first-order valence-electron chi connectivity index (χ1n) is 14.9. The molecule has 0 aromatic heterocycles. The van der Waals surface area contributed by atoms with E-state index in [1.54, 1.807) is 42.5 Å². The molecule has 4 aromatic carbocycles. The summed E-state index contributed by atoms with van der Waals surface area (Å²) in [5.41, 5.74) is 1.48. The van der Waals surface area contributed by atoms with Crippen molar-refractivity contribution >= 4 is 62.3 Å². The SMILES string of the molecule is COc1ccc(Cl)cc1N(CC(=O)N(Cc1ccc(Cl)c(Cl)c1)[C@H](Cc1ccccc1)C(=O)NCC(C)C)S(=O)(=O)c1ccccc1. The van der Waals surface area contributed by atoms with Gasteiger partial charge in [0.1, 0.15) is 18.3 Å². The number of amides is 2. The molecule has 4 rings (SSSR count). The molecule has 12 heteroatoms. The van der Waals surface area contributed by atoms with E-state index in [9.17, 15) is 18.0 Å². The van der Waals surface area contributed by atoms with Crippen molar-refractivity contribution in [1.82, 2.24) is 10.2 Å². The number of nitrogens with zero attached hydrogens (tertiary/aromatic N) is 2. The molecule has 248 valence electrons. The minimum atomic E-state index is -4.34. The molecule has 0 aliphatic carbocycles. The smallest absolute Gasteiger partial charge is 0.264 e. The quantitative estimate of drug-likeness (QED) is 0.148. The number of carbonyl (C=O) groups is 2. The van der Waals surface area contributed by atoms with Gasteiger partial charge in [-0.25, -0.2) is 8.42 Å². The highest BCUT2D eigenvalue weighted by Crippen LogP contribution is 2.35. The van der Waals surface area contributed by atoms with Gasteiger partial charge in [0, 0.05) is 24.5 Å². The third kappa shape index (κ3) is 9.41. The van der Waals surface area contributed by atoms with Crippen LogP contribution in [0.15, 0.2) is 102 Å². The first-order valence-corrected chi connectivity index (χ1v) is 17.4. The number of benzene rings is 4. The van der Waals surface area contributed by atoms with Gasteiger partial charge in [-0.05, 0) is 59.5 Å². The lowest BCUT2D eigenvalue weighted by Crippen LogP contribution is -2.53. The van der Waals surface area contributed by atoms with E-state index in [0.29, 0.717) is 17.1 Å². The number of anilines is 1. The van der Waals surface area contributed by atoms with E-state index >= 15 is 0 Å². The van der Waals surface area contributed by atoms with Crippen LogP contribution in [-0.2, 0) is 32.6 Å². The second-order valence-corrected chi connectivity index (χ2v) is 14.4. The second-order valence-electron chi connectivity index (χ2n) is 11.3. The van der Waals surface area contributed by atoms with E-state index in [0.717, 1.165) is 9.87 Å². The Bertz CT molecular complexity index is 1790. The van der Waals surface area contributed by atoms with E-state index in [1.807, 2.05) is 44.2 Å². The van der Waals surface area contributed by atoms with E-state index in [-0.39, 0.29) is 51.2 Å². The summed E-state index contributed by atoms with van der Waals surface area (Å²) in [5.74, 6) is -0.683. The number of halogens is 3. The number of carbonyl (C=O) groups excluding carboxylic acids is 2. The van der Waals surface area contributed by atoms with Crippen LogP contribution in [0.25, 0.3) is 0 Å². The number of ether oxygens (including phenoxy) is 1. The average molecular weight is 717 g/mol. The zero-order valence-corrected chi connectivity index (χ0v) is 29.3. The highest BCUT2D eigenvalue weighted by molar-refractivity contribution is 7.92. The van der Waals surface area contributed by atoms with Crippen LogP contribution < -0.4 is 14.4 Å². The van der Waals surface area contributed by atoms with E-state index < -0.39 is 28.5 Å². The molecule has 1 atom stereocenters. The Hall–Kier alpha value is -3.76. The number of sulfonamides is 1. The molecule has 0 radical (unpaired) electrons. The Balaban J connectivity index is 1.85. The van der Waals surface area contributed by atoms with Gasteiger partial charge in [0.05, 0.1) is 27.7 Å². The fourth-order valence-electron chi connectivity index (χ4n) is 4.90. The third-order valence-corrected chi connectivity index (χ3v) is 10.1. The molecule has 0 saturated carbocycles. The molecular formula is C35H36Cl3N3O5S. The van der Waals surface area contributed by atoms with Gasteiger partial charge >= 0.3 is 0 Å². The summed E-state index contributed by atoms with van der Waals surface area (Å²) in [7, 11) is -2.94. The number of methoxy groups -OCH3 is 1. The summed E-state index contributed by atoms with van der Waals surface area (Å²) in [6, 6.07) is 25.5. The highest BCUT2D eigenvalue weighted by Gasteiger charge is 2.35. The van der Waals surface area contributed by atoms with Gasteiger partial charge in [-0.3, -0.25) is 13.9 Å². The van der Waals surface area contributed by atoms with Gasteiger partial charge < -0.3 is 15.0 Å². The predicted molar refractivity (Wildman–Crippen MR) is 188 cm³/mol. The topological polar surface area (TPSA) is 96.0 Å². The Morgan fingerprint density at radius 1 is 0.830 bits per heavy atom. The molecule has 0 unspecified atom stereocenters. The predicted octanol–water partition coefficient (Wildman–Crippen LogP) is 7.26. The second kappa shape index (κ2) is 16.4. The standard InChI is InChI=1S/C35H36Cl3N3O5S/c1-24(2)21-39-35(43)32(19-25-10-6-4-7-11-25)40(22-26-14-16-29(37)30(38)18-26)34(42)23-41(31-20-27(36)15-17-33(31)46-3)47(44,45)28-12-8-5-9-13-28/h4-18,20,24,32H,19,21-23H2,1-3H3,(H,39,43)/t32-/m1/s1. The molecule has 2 amide bonds. The number of rotatable bonds is 14. The van der Waals surface area contributed by atoms with Gasteiger partial charge in [0.15, 0.2) is 0 Å². The van der Waals surface area contributed by atoms with Gasteiger partial charge in [0.25, 0.3) is 10.0 Å². The first-order chi connectivity index (χ1) is 22.4. The van der Waals surface area contributed by atoms with Gasteiger partial charge in [-0.2, -0.15) is 0 Å². The summed E-state index contributed by atoms with van der Waals surface area (Å²) < 4.78 is 34.9. The molecule has 0 bridgehead atoms. The largest absolute Gasteiger partial charge is 0.495 e. The van der Waals surface area contributed by atoms with Crippen LogP contribution in [-0.4, -0.2) is 51.4 Å². The minimum absolute atomic E-state index is 0.0404. The Morgan fingerprint density at radius 2 is 1.49 bits per heavy atom. The Kier molecular flexibility index (Phi) is 12.6. The van der Waals surface area contributed by atoms with Crippen LogP contribution in [0, 0.1) is 5.92 Å². The monoisotopic (exact) mass is 715 g/mol. The summed E-state index contributed by atoms with van der Waals surface area (Å²) in [5, 5.41) is 3.81. The van der Waals surface area contributed by atoms with E-state index in [1.165, 1.54) is 36.3 Å². The van der Waals surface area contributed by atoms with Crippen molar-refractivity contribution in [3.05, 3.63) is 123 Å². The van der Waals surface area contributed by atoms with Gasteiger partial charge in [-0.1, -0.05) is 103 Å².